The van der Waals surface area contributed by atoms with Crippen molar-refractivity contribution in [2.45, 2.75) is 6.54 Å². The molecule has 0 saturated heterocycles. The molecule has 0 aliphatic heterocycles. The minimum Gasteiger partial charge on any atom is -0.369 e. The molecule has 0 unspecified atom stereocenters. The number of benzene rings is 1. The Morgan fingerprint density at radius 3 is 2.87 bits per heavy atom. The normalized spacial score (nSPS) is 10.5. The summed E-state index contributed by atoms with van der Waals surface area (Å²) in [6, 6.07) is 4.59. The van der Waals surface area contributed by atoms with Crippen molar-refractivity contribution in [3.8, 4) is 0 Å². The molecule has 2 N–H and O–H groups in total. The van der Waals surface area contributed by atoms with Crippen LogP contribution in [0.5, 0.6) is 0 Å². The van der Waals surface area contributed by atoms with Gasteiger partial charge < -0.3 is 10.3 Å². The van der Waals surface area contributed by atoms with E-state index < -0.39 is 5.82 Å². The van der Waals surface area contributed by atoms with Crippen LogP contribution < -0.4 is 5.73 Å². The zero-order chi connectivity index (χ0) is 10.8. The molecule has 0 bridgehead atoms. The zero-order valence-corrected chi connectivity index (χ0v) is 8.58. The van der Waals surface area contributed by atoms with Gasteiger partial charge in [-0.15, -0.1) is 0 Å². The Balaban J connectivity index is 2.25. The van der Waals surface area contributed by atoms with E-state index in [-0.39, 0.29) is 5.02 Å². The van der Waals surface area contributed by atoms with Crippen molar-refractivity contribution in [3.05, 3.63) is 47.0 Å². The van der Waals surface area contributed by atoms with Gasteiger partial charge in [-0.3, -0.25) is 0 Å². The van der Waals surface area contributed by atoms with Crippen LogP contribution in [0.25, 0.3) is 0 Å². The van der Waals surface area contributed by atoms with Crippen LogP contribution in [-0.4, -0.2) is 9.55 Å². The summed E-state index contributed by atoms with van der Waals surface area (Å²) >= 11 is 5.66. The molecule has 0 aliphatic rings. The molecule has 3 nitrogen and oxygen atoms in total. The molecule has 78 valence electrons. The van der Waals surface area contributed by atoms with Crippen LogP contribution >= 0.6 is 11.6 Å². The topological polar surface area (TPSA) is 43.8 Å². The van der Waals surface area contributed by atoms with Crippen LogP contribution in [0.3, 0.4) is 0 Å². The molecule has 1 aromatic carbocycles. The summed E-state index contributed by atoms with van der Waals surface area (Å²) in [5.74, 6) is 0.00877. The molecule has 0 amide bonds. The maximum atomic E-state index is 12.9. The lowest BCUT2D eigenvalue weighted by molar-refractivity contribution is 0.627. The fourth-order valence-corrected chi connectivity index (χ4v) is 1.51. The molecule has 5 heteroatoms. The number of anilines is 1. The van der Waals surface area contributed by atoms with Crippen LogP contribution in [0, 0.1) is 5.82 Å². The van der Waals surface area contributed by atoms with E-state index in [1.165, 1.54) is 6.07 Å². The lowest BCUT2D eigenvalue weighted by atomic mass is 10.2. The van der Waals surface area contributed by atoms with Crippen molar-refractivity contribution in [1.82, 2.24) is 9.55 Å². The molecule has 15 heavy (non-hydrogen) atoms. The Bertz CT molecular complexity index is 481. The highest BCUT2D eigenvalue weighted by atomic mass is 35.5. The number of imidazole rings is 1. The lowest BCUT2D eigenvalue weighted by Gasteiger charge is -2.05. The monoisotopic (exact) mass is 225 g/mol. The highest BCUT2D eigenvalue weighted by molar-refractivity contribution is 6.30. The third-order valence-electron chi connectivity index (χ3n) is 2.08. The van der Waals surface area contributed by atoms with E-state index in [4.69, 9.17) is 17.3 Å². The summed E-state index contributed by atoms with van der Waals surface area (Å²) < 4.78 is 14.6. The SMILES string of the molecule is Nc1nccn1Cc1ccc(F)c(Cl)c1. The highest BCUT2D eigenvalue weighted by Crippen LogP contribution is 2.17. The Labute approximate surface area is 91.3 Å². The molecule has 0 atom stereocenters. The van der Waals surface area contributed by atoms with Crippen molar-refractivity contribution in [3.63, 3.8) is 0 Å². The standard InChI is InChI=1S/C10H9ClFN3/c11-8-5-7(1-2-9(8)12)6-15-4-3-14-10(15)13/h1-5H,6H2,(H2,13,14). The van der Waals surface area contributed by atoms with Crippen LogP contribution in [0.1, 0.15) is 5.56 Å². The number of hydrogen-bond donors (Lipinski definition) is 1. The van der Waals surface area contributed by atoms with E-state index in [0.29, 0.717) is 12.5 Å². The van der Waals surface area contributed by atoms with Gasteiger partial charge in [0.25, 0.3) is 0 Å². The molecule has 2 aromatic rings. The fourth-order valence-electron chi connectivity index (χ4n) is 1.31. The predicted molar refractivity (Wildman–Crippen MR) is 57.2 cm³/mol. The summed E-state index contributed by atoms with van der Waals surface area (Å²) in [6.45, 7) is 0.534. The van der Waals surface area contributed by atoms with Crippen LogP contribution in [-0.2, 0) is 6.54 Å². The molecule has 1 heterocycles. The minimum absolute atomic E-state index is 0.117. The van der Waals surface area contributed by atoms with Gasteiger partial charge in [0.05, 0.1) is 11.6 Å². The first kappa shape index (κ1) is 9.98. The van der Waals surface area contributed by atoms with Crippen molar-refractivity contribution >= 4 is 17.5 Å². The average Bonchev–Trinajstić information content (AvgIpc) is 2.59. The molecule has 2 rings (SSSR count). The summed E-state index contributed by atoms with van der Waals surface area (Å²) in [4.78, 5) is 3.89. The van der Waals surface area contributed by atoms with E-state index in [1.807, 2.05) is 0 Å². The van der Waals surface area contributed by atoms with E-state index in [0.717, 1.165) is 5.56 Å². The van der Waals surface area contributed by atoms with E-state index in [9.17, 15) is 4.39 Å². The average molecular weight is 226 g/mol. The lowest BCUT2D eigenvalue weighted by Crippen LogP contribution is -2.03. The van der Waals surface area contributed by atoms with Crippen LogP contribution in [0.2, 0.25) is 5.02 Å². The molecule has 0 saturated carbocycles. The minimum atomic E-state index is -0.418. The number of aromatic nitrogens is 2. The van der Waals surface area contributed by atoms with Crippen molar-refractivity contribution < 1.29 is 4.39 Å². The van der Waals surface area contributed by atoms with Crippen LogP contribution in [0.15, 0.2) is 30.6 Å². The molecule has 0 radical (unpaired) electrons. The Hall–Kier alpha value is -1.55. The number of rotatable bonds is 2. The second-order valence-electron chi connectivity index (χ2n) is 3.16. The smallest absolute Gasteiger partial charge is 0.200 e. The van der Waals surface area contributed by atoms with E-state index >= 15 is 0 Å². The van der Waals surface area contributed by atoms with Gasteiger partial charge >= 0.3 is 0 Å². The molecule has 0 spiro atoms. The summed E-state index contributed by atoms with van der Waals surface area (Å²) in [7, 11) is 0. The Kier molecular flexibility index (Phi) is 2.60. The first-order valence-corrected chi connectivity index (χ1v) is 4.75. The number of nitrogen functional groups attached to an aromatic ring is 1. The van der Waals surface area contributed by atoms with Crippen molar-refractivity contribution in [1.29, 1.82) is 0 Å². The second-order valence-corrected chi connectivity index (χ2v) is 3.57. The Morgan fingerprint density at radius 2 is 2.27 bits per heavy atom. The second kappa shape index (κ2) is 3.90. The third kappa shape index (κ3) is 2.10. The van der Waals surface area contributed by atoms with Gasteiger partial charge in [-0.25, -0.2) is 9.37 Å². The first-order valence-electron chi connectivity index (χ1n) is 4.37. The van der Waals surface area contributed by atoms with Crippen LogP contribution in [0.4, 0.5) is 10.3 Å². The molecular weight excluding hydrogens is 217 g/mol. The number of nitrogens with zero attached hydrogens (tertiary/aromatic N) is 2. The molecule has 1 aromatic heterocycles. The Morgan fingerprint density at radius 1 is 1.47 bits per heavy atom. The van der Waals surface area contributed by atoms with Gasteiger partial charge in [0.1, 0.15) is 5.82 Å². The summed E-state index contributed by atoms with van der Waals surface area (Å²) in [5, 5.41) is 0.117. The number of hydrogen-bond acceptors (Lipinski definition) is 2. The maximum absolute atomic E-state index is 12.9. The van der Waals surface area contributed by atoms with Crippen molar-refractivity contribution in [2.75, 3.05) is 5.73 Å². The van der Waals surface area contributed by atoms with Gasteiger partial charge in [0, 0.05) is 12.4 Å². The van der Waals surface area contributed by atoms with Gasteiger partial charge in [-0.1, -0.05) is 17.7 Å². The molecular formula is C10H9ClFN3. The zero-order valence-electron chi connectivity index (χ0n) is 7.82. The molecule has 0 fully saturated rings. The van der Waals surface area contributed by atoms with Gasteiger partial charge in [-0.2, -0.15) is 0 Å². The predicted octanol–water partition coefficient (Wildman–Crippen LogP) is 2.31. The third-order valence-corrected chi connectivity index (χ3v) is 2.37. The molecule has 0 aliphatic carbocycles. The van der Waals surface area contributed by atoms with Gasteiger partial charge in [0.15, 0.2) is 5.95 Å². The summed E-state index contributed by atoms with van der Waals surface area (Å²) in [5.41, 5.74) is 6.48. The number of halogens is 2. The summed E-state index contributed by atoms with van der Waals surface area (Å²) in [6.07, 6.45) is 3.37. The van der Waals surface area contributed by atoms with Crippen molar-refractivity contribution in [2.24, 2.45) is 0 Å². The first-order chi connectivity index (χ1) is 7.16. The number of nitrogens with two attached hydrogens (primary N) is 1. The van der Waals surface area contributed by atoms with E-state index in [1.54, 1.807) is 29.1 Å². The van der Waals surface area contributed by atoms with Gasteiger partial charge in [-0.05, 0) is 17.7 Å². The van der Waals surface area contributed by atoms with E-state index in [2.05, 4.69) is 4.98 Å². The quantitative estimate of drug-likeness (QED) is 0.853. The highest BCUT2D eigenvalue weighted by Gasteiger charge is 2.03. The fraction of sp³-hybridized carbons (Fsp3) is 0.100. The maximum Gasteiger partial charge on any atom is 0.200 e. The van der Waals surface area contributed by atoms with Gasteiger partial charge in [0.2, 0.25) is 0 Å². The largest absolute Gasteiger partial charge is 0.369 e.